The largest absolute Gasteiger partial charge is 0.375 e. The highest BCUT2D eigenvalue weighted by molar-refractivity contribution is 7.81. The van der Waals surface area contributed by atoms with Crippen molar-refractivity contribution in [2.24, 2.45) is 0 Å². The Morgan fingerprint density at radius 3 is 2.65 bits per heavy atom. The summed E-state index contributed by atoms with van der Waals surface area (Å²) in [4.78, 5) is 1.86. The fraction of sp³-hybridized carbons (Fsp3) is 0.154. The van der Waals surface area contributed by atoms with E-state index in [2.05, 4.69) is 5.32 Å². The van der Waals surface area contributed by atoms with Crippen LogP contribution in [0.1, 0.15) is 10.4 Å². The molecule has 1 aromatic heterocycles. The second-order valence-corrected chi connectivity index (χ2v) is 4.97. The molecule has 1 heterocycles. The molecule has 0 radical (unpaired) electrons. The molecule has 0 atom stereocenters. The predicted molar refractivity (Wildman–Crippen MR) is 74.1 cm³/mol. The Kier molecular flexibility index (Phi) is 4.23. The van der Waals surface area contributed by atoms with Crippen LogP contribution in [0.4, 0.5) is 4.39 Å². The number of thiocarbonyl (C=S) groups is 1. The maximum absolute atomic E-state index is 12.7. The van der Waals surface area contributed by atoms with Crippen LogP contribution in [0.5, 0.6) is 0 Å². The van der Waals surface area contributed by atoms with Gasteiger partial charge in [-0.1, -0.05) is 30.4 Å². The summed E-state index contributed by atoms with van der Waals surface area (Å²) in [5.41, 5.74) is 1.10. The van der Waals surface area contributed by atoms with Gasteiger partial charge in [-0.25, -0.2) is 4.39 Å². The van der Waals surface area contributed by atoms with Crippen molar-refractivity contribution in [1.29, 1.82) is 0 Å². The Balaban J connectivity index is 1.80. The summed E-state index contributed by atoms with van der Waals surface area (Å²) in [7, 11) is 0. The minimum absolute atomic E-state index is 0.198. The molecule has 0 fully saturated rings. The van der Waals surface area contributed by atoms with Gasteiger partial charge in [0.15, 0.2) is 0 Å². The van der Waals surface area contributed by atoms with Crippen molar-refractivity contribution in [2.45, 2.75) is 6.42 Å². The van der Waals surface area contributed by atoms with Crippen LogP contribution in [-0.4, -0.2) is 11.5 Å². The summed E-state index contributed by atoms with van der Waals surface area (Å²) in [5.74, 6) is -0.198. The average molecular weight is 265 g/mol. The smallest absolute Gasteiger partial charge is 0.123 e. The van der Waals surface area contributed by atoms with Gasteiger partial charge in [-0.3, -0.25) is 0 Å². The first-order valence-electron chi connectivity index (χ1n) is 5.32. The van der Waals surface area contributed by atoms with Crippen molar-refractivity contribution in [3.05, 3.63) is 58.0 Å². The Bertz CT molecular complexity index is 477. The zero-order chi connectivity index (χ0) is 12.1. The molecule has 0 saturated carbocycles. The van der Waals surface area contributed by atoms with Crippen LogP contribution in [0.25, 0.3) is 0 Å². The van der Waals surface area contributed by atoms with Crippen LogP contribution in [0.2, 0.25) is 0 Å². The van der Waals surface area contributed by atoms with Crippen molar-refractivity contribution in [3.8, 4) is 0 Å². The topological polar surface area (TPSA) is 12.0 Å². The van der Waals surface area contributed by atoms with Crippen molar-refractivity contribution in [2.75, 3.05) is 6.54 Å². The quantitative estimate of drug-likeness (QED) is 0.850. The van der Waals surface area contributed by atoms with Crippen LogP contribution < -0.4 is 5.32 Å². The molecule has 2 rings (SSSR count). The van der Waals surface area contributed by atoms with E-state index in [1.807, 2.05) is 17.5 Å². The molecule has 4 heteroatoms. The maximum Gasteiger partial charge on any atom is 0.123 e. The van der Waals surface area contributed by atoms with E-state index in [0.29, 0.717) is 0 Å². The lowest BCUT2D eigenvalue weighted by Crippen LogP contribution is -2.23. The summed E-state index contributed by atoms with van der Waals surface area (Å²) in [6, 6.07) is 10.5. The van der Waals surface area contributed by atoms with Gasteiger partial charge in [0.2, 0.25) is 0 Å². The van der Waals surface area contributed by atoms with E-state index in [4.69, 9.17) is 12.2 Å². The number of halogens is 1. The van der Waals surface area contributed by atoms with E-state index in [1.54, 1.807) is 23.5 Å². The molecular formula is C13H12FNS2. The van der Waals surface area contributed by atoms with Crippen LogP contribution in [-0.2, 0) is 6.42 Å². The maximum atomic E-state index is 12.7. The highest BCUT2D eigenvalue weighted by Crippen LogP contribution is 2.09. The molecule has 0 unspecified atom stereocenters. The summed E-state index contributed by atoms with van der Waals surface area (Å²) in [6.45, 7) is 0.766. The van der Waals surface area contributed by atoms with Crippen LogP contribution in [0, 0.1) is 5.82 Å². The van der Waals surface area contributed by atoms with E-state index in [-0.39, 0.29) is 5.82 Å². The van der Waals surface area contributed by atoms with E-state index < -0.39 is 0 Å². The van der Waals surface area contributed by atoms with E-state index >= 15 is 0 Å². The summed E-state index contributed by atoms with van der Waals surface area (Å²) in [6.07, 6.45) is 0.839. The van der Waals surface area contributed by atoms with Gasteiger partial charge in [0.05, 0.1) is 4.88 Å². The van der Waals surface area contributed by atoms with E-state index in [1.165, 1.54) is 12.1 Å². The lowest BCUT2D eigenvalue weighted by molar-refractivity contribution is 0.627. The van der Waals surface area contributed by atoms with Crippen molar-refractivity contribution < 1.29 is 4.39 Å². The molecule has 1 aromatic carbocycles. The molecule has 0 aliphatic heterocycles. The van der Waals surface area contributed by atoms with Crippen molar-refractivity contribution in [3.63, 3.8) is 0 Å². The molecule has 1 nitrogen and oxygen atoms in total. The van der Waals surface area contributed by atoms with Gasteiger partial charge in [-0.15, -0.1) is 11.3 Å². The summed E-state index contributed by atoms with van der Waals surface area (Å²) < 4.78 is 12.7. The molecule has 88 valence electrons. The molecular weight excluding hydrogens is 253 g/mol. The molecule has 17 heavy (non-hydrogen) atoms. The molecule has 0 aliphatic rings. The van der Waals surface area contributed by atoms with Gasteiger partial charge in [-0.05, 0) is 35.6 Å². The van der Waals surface area contributed by atoms with E-state index in [9.17, 15) is 4.39 Å². The highest BCUT2D eigenvalue weighted by atomic mass is 32.1. The first-order chi connectivity index (χ1) is 8.25. The lowest BCUT2D eigenvalue weighted by Gasteiger charge is -2.06. The number of thiophene rings is 1. The van der Waals surface area contributed by atoms with E-state index in [0.717, 1.165) is 28.4 Å². The average Bonchev–Trinajstić information content (AvgIpc) is 2.85. The third-order valence-electron chi connectivity index (χ3n) is 2.36. The summed E-state index contributed by atoms with van der Waals surface area (Å²) in [5, 5.41) is 5.20. The predicted octanol–water partition coefficient (Wildman–Crippen LogP) is 3.40. The Morgan fingerprint density at radius 1 is 1.24 bits per heavy atom. The van der Waals surface area contributed by atoms with Gasteiger partial charge in [0.1, 0.15) is 10.8 Å². The molecule has 0 amide bonds. The SMILES string of the molecule is Fc1ccc(CCNC(=S)c2cccs2)cc1. The number of rotatable bonds is 4. The standard InChI is InChI=1S/C13H12FNS2/c14-11-5-3-10(4-6-11)7-8-15-13(16)12-2-1-9-17-12/h1-6,9H,7-8H2,(H,15,16). The molecule has 0 saturated heterocycles. The lowest BCUT2D eigenvalue weighted by atomic mass is 10.1. The Labute approximate surface area is 109 Å². The number of hydrogen-bond acceptors (Lipinski definition) is 2. The molecule has 0 spiro atoms. The highest BCUT2D eigenvalue weighted by Gasteiger charge is 2.01. The second kappa shape index (κ2) is 5.89. The first kappa shape index (κ1) is 12.2. The second-order valence-electron chi connectivity index (χ2n) is 3.61. The van der Waals surface area contributed by atoms with Gasteiger partial charge in [0, 0.05) is 6.54 Å². The molecule has 2 aromatic rings. The minimum atomic E-state index is -0.198. The molecule has 0 aliphatic carbocycles. The number of nitrogens with one attached hydrogen (secondary N) is 1. The number of hydrogen-bond donors (Lipinski definition) is 1. The number of benzene rings is 1. The fourth-order valence-corrected chi connectivity index (χ4v) is 2.42. The minimum Gasteiger partial charge on any atom is -0.375 e. The first-order valence-corrected chi connectivity index (χ1v) is 6.60. The van der Waals surface area contributed by atoms with Crippen LogP contribution in [0.3, 0.4) is 0 Å². The normalized spacial score (nSPS) is 10.2. The van der Waals surface area contributed by atoms with Gasteiger partial charge in [-0.2, -0.15) is 0 Å². The van der Waals surface area contributed by atoms with Crippen molar-refractivity contribution in [1.82, 2.24) is 5.32 Å². The Hall–Kier alpha value is -1.26. The fourth-order valence-electron chi connectivity index (χ4n) is 1.47. The Morgan fingerprint density at radius 2 is 2.00 bits per heavy atom. The van der Waals surface area contributed by atoms with Crippen molar-refractivity contribution >= 4 is 28.5 Å². The summed E-state index contributed by atoms with van der Waals surface area (Å²) >= 11 is 6.88. The van der Waals surface area contributed by atoms with Crippen LogP contribution >= 0.6 is 23.6 Å². The zero-order valence-electron chi connectivity index (χ0n) is 9.15. The third-order valence-corrected chi connectivity index (χ3v) is 3.74. The monoisotopic (exact) mass is 265 g/mol. The van der Waals surface area contributed by atoms with Gasteiger partial charge < -0.3 is 5.32 Å². The zero-order valence-corrected chi connectivity index (χ0v) is 10.8. The molecule has 1 N–H and O–H groups in total. The molecule has 0 bridgehead atoms. The van der Waals surface area contributed by atoms with Gasteiger partial charge in [0.25, 0.3) is 0 Å². The van der Waals surface area contributed by atoms with Crippen LogP contribution in [0.15, 0.2) is 41.8 Å². The third kappa shape index (κ3) is 3.61. The van der Waals surface area contributed by atoms with Gasteiger partial charge >= 0.3 is 0 Å².